The second kappa shape index (κ2) is 5.81. The Hall–Kier alpha value is -2.95. The van der Waals surface area contributed by atoms with E-state index in [1.165, 1.54) is 6.92 Å². The van der Waals surface area contributed by atoms with Crippen LogP contribution in [0.3, 0.4) is 0 Å². The standard InChI is InChI=1S/C17H15N3O2/c1-12(21)13-5-4-6-14(9-13)19-17(22)10-20-11-18-15-7-2-3-8-16(15)20/h2-9,11H,10H2,1H3,(H,19,22). The predicted octanol–water partition coefficient (Wildman–Crippen LogP) is 2.88. The van der Waals surface area contributed by atoms with Crippen LogP contribution in [-0.4, -0.2) is 21.2 Å². The molecule has 0 saturated heterocycles. The quantitative estimate of drug-likeness (QED) is 0.752. The number of Topliss-reactive ketones (excluding diaryl/α,β-unsaturated/α-hetero) is 1. The molecule has 2 aromatic carbocycles. The molecule has 0 spiro atoms. The van der Waals surface area contributed by atoms with Crippen molar-refractivity contribution in [1.82, 2.24) is 9.55 Å². The Morgan fingerprint density at radius 1 is 1.14 bits per heavy atom. The van der Waals surface area contributed by atoms with Crippen LogP contribution in [0.5, 0.6) is 0 Å². The number of anilines is 1. The molecule has 0 aliphatic carbocycles. The second-order valence-electron chi connectivity index (χ2n) is 5.05. The first-order valence-corrected chi connectivity index (χ1v) is 6.94. The average molecular weight is 293 g/mol. The van der Waals surface area contributed by atoms with E-state index in [1.54, 1.807) is 35.2 Å². The number of carbonyl (C=O) groups excluding carboxylic acids is 2. The first kappa shape index (κ1) is 14.0. The first-order valence-electron chi connectivity index (χ1n) is 6.94. The molecule has 0 bridgehead atoms. The molecule has 0 saturated carbocycles. The van der Waals surface area contributed by atoms with Gasteiger partial charge in [0.15, 0.2) is 5.78 Å². The molecule has 0 aliphatic heterocycles. The van der Waals surface area contributed by atoms with Crippen LogP contribution in [0.4, 0.5) is 5.69 Å². The summed E-state index contributed by atoms with van der Waals surface area (Å²) in [6.07, 6.45) is 1.65. The molecule has 0 fully saturated rings. The van der Waals surface area contributed by atoms with Crippen LogP contribution in [0.15, 0.2) is 54.9 Å². The van der Waals surface area contributed by atoms with Gasteiger partial charge in [0.2, 0.25) is 5.91 Å². The van der Waals surface area contributed by atoms with Crippen molar-refractivity contribution in [2.75, 3.05) is 5.32 Å². The van der Waals surface area contributed by atoms with Gasteiger partial charge < -0.3 is 9.88 Å². The molecule has 0 atom stereocenters. The number of para-hydroxylation sites is 2. The topological polar surface area (TPSA) is 64.0 Å². The van der Waals surface area contributed by atoms with Crippen molar-refractivity contribution in [2.45, 2.75) is 13.5 Å². The highest BCUT2D eigenvalue weighted by molar-refractivity contribution is 5.97. The SMILES string of the molecule is CC(=O)c1cccc(NC(=O)Cn2cnc3ccccc32)c1. The number of imidazole rings is 1. The van der Waals surface area contributed by atoms with Crippen molar-refractivity contribution < 1.29 is 9.59 Å². The Morgan fingerprint density at radius 2 is 1.95 bits per heavy atom. The molecular formula is C17H15N3O2. The molecular weight excluding hydrogens is 278 g/mol. The van der Waals surface area contributed by atoms with Gasteiger partial charge in [-0.15, -0.1) is 0 Å². The molecule has 1 N–H and O–H groups in total. The summed E-state index contributed by atoms with van der Waals surface area (Å²) in [7, 11) is 0. The fourth-order valence-electron chi connectivity index (χ4n) is 2.31. The van der Waals surface area contributed by atoms with Gasteiger partial charge in [-0.1, -0.05) is 24.3 Å². The minimum Gasteiger partial charge on any atom is -0.325 e. The van der Waals surface area contributed by atoms with Crippen LogP contribution >= 0.6 is 0 Å². The van der Waals surface area contributed by atoms with E-state index >= 15 is 0 Å². The molecule has 1 aromatic heterocycles. The van der Waals surface area contributed by atoms with Crippen LogP contribution in [-0.2, 0) is 11.3 Å². The number of benzene rings is 2. The number of aromatic nitrogens is 2. The van der Waals surface area contributed by atoms with Gasteiger partial charge in [0.1, 0.15) is 6.54 Å². The van der Waals surface area contributed by atoms with Crippen molar-refractivity contribution >= 4 is 28.4 Å². The molecule has 22 heavy (non-hydrogen) atoms. The summed E-state index contributed by atoms with van der Waals surface area (Å²) in [5, 5.41) is 2.80. The number of ketones is 1. The number of hydrogen-bond donors (Lipinski definition) is 1. The zero-order valence-electron chi connectivity index (χ0n) is 12.1. The number of nitrogens with zero attached hydrogens (tertiary/aromatic N) is 2. The second-order valence-corrected chi connectivity index (χ2v) is 5.05. The predicted molar refractivity (Wildman–Crippen MR) is 84.8 cm³/mol. The summed E-state index contributed by atoms with van der Waals surface area (Å²) in [4.78, 5) is 27.8. The average Bonchev–Trinajstić information content (AvgIpc) is 2.91. The minimum atomic E-state index is -0.163. The Kier molecular flexibility index (Phi) is 3.70. The highest BCUT2D eigenvalue weighted by atomic mass is 16.2. The fraction of sp³-hybridized carbons (Fsp3) is 0.118. The molecule has 3 rings (SSSR count). The molecule has 0 unspecified atom stereocenters. The van der Waals surface area contributed by atoms with Crippen molar-refractivity contribution in [3.05, 3.63) is 60.4 Å². The number of hydrogen-bond acceptors (Lipinski definition) is 3. The van der Waals surface area contributed by atoms with Gasteiger partial charge in [-0.25, -0.2) is 4.98 Å². The molecule has 5 heteroatoms. The molecule has 1 heterocycles. The lowest BCUT2D eigenvalue weighted by Crippen LogP contribution is -2.18. The largest absolute Gasteiger partial charge is 0.325 e. The molecule has 1 amide bonds. The summed E-state index contributed by atoms with van der Waals surface area (Å²) in [6, 6.07) is 14.6. The lowest BCUT2D eigenvalue weighted by Gasteiger charge is -2.07. The summed E-state index contributed by atoms with van der Waals surface area (Å²) in [5.74, 6) is -0.194. The molecule has 5 nitrogen and oxygen atoms in total. The van der Waals surface area contributed by atoms with Gasteiger partial charge in [-0.05, 0) is 31.2 Å². The maximum atomic E-state index is 12.2. The zero-order chi connectivity index (χ0) is 15.5. The van der Waals surface area contributed by atoms with Gasteiger partial charge >= 0.3 is 0 Å². The van der Waals surface area contributed by atoms with Gasteiger partial charge in [0, 0.05) is 11.3 Å². The first-order chi connectivity index (χ1) is 10.6. The van der Waals surface area contributed by atoms with Crippen molar-refractivity contribution in [1.29, 1.82) is 0 Å². The highest BCUT2D eigenvalue weighted by Gasteiger charge is 2.08. The Morgan fingerprint density at radius 3 is 2.77 bits per heavy atom. The zero-order valence-corrected chi connectivity index (χ0v) is 12.1. The Labute approximate surface area is 127 Å². The van der Waals surface area contributed by atoms with Crippen molar-refractivity contribution in [3.63, 3.8) is 0 Å². The molecule has 3 aromatic rings. The van der Waals surface area contributed by atoms with Gasteiger partial charge in [-0.3, -0.25) is 9.59 Å². The van der Waals surface area contributed by atoms with Gasteiger partial charge in [0.05, 0.1) is 17.4 Å². The minimum absolute atomic E-state index is 0.0308. The van der Waals surface area contributed by atoms with Gasteiger partial charge in [-0.2, -0.15) is 0 Å². The van der Waals surface area contributed by atoms with Gasteiger partial charge in [0.25, 0.3) is 0 Å². The van der Waals surface area contributed by atoms with Crippen LogP contribution in [0.2, 0.25) is 0 Å². The third-order valence-electron chi connectivity index (χ3n) is 3.39. The van der Waals surface area contributed by atoms with Crippen LogP contribution in [0, 0.1) is 0 Å². The maximum absolute atomic E-state index is 12.2. The van der Waals surface area contributed by atoms with E-state index in [2.05, 4.69) is 10.3 Å². The Balaban J connectivity index is 1.75. The van der Waals surface area contributed by atoms with Crippen LogP contribution < -0.4 is 5.32 Å². The normalized spacial score (nSPS) is 10.6. The fourth-order valence-corrected chi connectivity index (χ4v) is 2.31. The number of amides is 1. The monoisotopic (exact) mass is 293 g/mol. The lowest BCUT2D eigenvalue weighted by molar-refractivity contribution is -0.116. The van der Waals surface area contributed by atoms with E-state index in [1.807, 2.05) is 24.3 Å². The van der Waals surface area contributed by atoms with E-state index in [0.717, 1.165) is 11.0 Å². The third kappa shape index (κ3) is 2.88. The van der Waals surface area contributed by atoms with Crippen LogP contribution in [0.25, 0.3) is 11.0 Å². The smallest absolute Gasteiger partial charge is 0.244 e. The van der Waals surface area contributed by atoms with Crippen molar-refractivity contribution in [3.8, 4) is 0 Å². The molecule has 0 aliphatic rings. The lowest BCUT2D eigenvalue weighted by atomic mass is 10.1. The molecule has 110 valence electrons. The van der Waals surface area contributed by atoms with E-state index < -0.39 is 0 Å². The number of rotatable bonds is 4. The van der Waals surface area contributed by atoms with E-state index in [0.29, 0.717) is 11.3 Å². The maximum Gasteiger partial charge on any atom is 0.244 e. The number of carbonyl (C=O) groups is 2. The summed E-state index contributed by atoms with van der Waals surface area (Å²) >= 11 is 0. The summed E-state index contributed by atoms with van der Waals surface area (Å²) < 4.78 is 1.79. The van der Waals surface area contributed by atoms with E-state index in [4.69, 9.17) is 0 Å². The number of nitrogens with one attached hydrogen (secondary N) is 1. The molecule has 0 radical (unpaired) electrons. The van der Waals surface area contributed by atoms with E-state index in [-0.39, 0.29) is 18.2 Å². The third-order valence-corrected chi connectivity index (χ3v) is 3.39. The Bertz CT molecular complexity index is 852. The van der Waals surface area contributed by atoms with Crippen LogP contribution in [0.1, 0.15) is 17.3 Å². The number of fused-ring (bicyclic) bond motifs is 1. The summed E-state index contributed by atoms with van der Waals surface area (Å²) in [5.41, 5.74) is 2.96. The summed E-state index contributed by atoms with van der Waals surface area (Å²) in [6.45, 7) is 1.67. The van der Waals surface area contributed by atoms with E-state index in [9.17, 15) is 9.59 Å². The van der Waals surface area contributed by atoms with Crippen molar-refractivity contribution in [2.24, 2.45) is 0 Å². The highest BCUT2D eigenvalue weighted by Crippen LogP contribution is 2.13.